The van der Waals surface area contributed by atoms with Crippen LogP contribution in [0.2, 0.25) is 0 Å². The highest BCUT2D eigenvalue weighted by molar-refractivity contribution is 8.13. The van der Waals surface area contributed by atoms with Crippen LogP contribution >= 0.6 is 11.8 Å². The molecule has 0 unspecified atom stereocenters. The lowest BCUT2D eigenvalue weighted by Gasteiger charge is -2.09. The Morgan fingerprint density at radius 3 is 2.37 bits per heavy atom. The molecule has 1 aromatic heterocycles. The molecule has 1 aromatic carbocycles. The van der Waals surface area contributed by atoms with Gasteiger partial charge in [0.05, 0.1) is 12.1 Å². The van der Waals surface area contributed by atoms with Gasteiger partial charge in [-0.1, -0.05) is 18.2 Å². The van der Waals surface area contributed by atoms with Gasteiger partial charge in [0.2, 0.25) is 5.91 Å². The molecule has 0 spiro atoms. The van der Waals surface area contributed by atoms with E-state index in [9.17, 15) is 14.4 Å². The second-order valence-electron chi connectivity index (χ2n) is 5.40. The first-order chi connectivity index (χ1) is 12.6. The maximum Gasteiger partial charge on any atom is 0.284 e. The van der Waals surface area contributed by atoms with E-state index in [0.717, 1.165) is 11.8 Å². The van der Waals surface area contributed by atoms with Crippen molar-refractivity contribution in [1.29, 1.82) is 0 Å². The van der Waals surface area contributed by atoms with Gasteiger partial charge in [-0.15, -0.1) is 0 Å². The number of amides is 3. The average molecular weight is 453 g/mol. The van der Waals surface area contributed by atoms with Gasteiger partial charge in [-0.2, -0.15) is 0 Å². The van der Waals surface area contributed by atoms with Crippen molar-refractivity contribution in [2.24, 2.45) is 5.73 Å². The monoisotopic (exact) mass is 452 g/mol. The number of primary amides is 1. The Kier molecular flexibility index (Phi) is 10.1. The molecular weight excluding hydrogens is 432 g/mol. The van der Waals surface area contributed by atoms with Crippen LogP contribution in [0.25, 0.3) is 0 Å². The zero-order valence-electron chi connectivity index (χ0n) is 14.6. The van der Waals surface area contributed by atoms with E-state index in [4.69, 9.17) is 5.73 Å². The minimum absolute atomic E-state index is 0. The summed E-state index contributed by atoms with van der Waals surface area (Å²) in [5.41, 5.74) is 5.44. The topological polar surface area (TPSA) is 105 Å². The van der Waals surface area contributed by atoms with E-state index in [1.165, 1.54) is 0 Å². The van der Waals surface area contributed by atoms with Crippen molar-refractivity contribution >= 4 is 28.8 Å². The third kappa shape index (κ3) is 8.23. The Hall–Kier alpha value is -2.39. The second-order valence-corrected chi connectivity index (χ2v) is 6.41. The molecule has 1 heterocycles. The van der Waals surface area contributed by atoms with Gasteiger partial charge in [0.25, 0.3) is 11.1 Å². The first kappa shape index (κ1) is 22.7. The fourth-order valence-electron chi connectivity index (χ4n) is 2.14. The molecule has 0 saturated carbocycles. The summed E-state index contributed by atoms with van der Waals surface area (Å²) in [6, 6.07) is 12.6. The van der Waals surface area contributed by atoms with Crippen LogP contribution in [0.3, 0.4) is 0 Å². The Morgan fingerprint density at radius 2 is 1.67 bits per heavy atom. The highest BCUT2D eigenvalue weighted by Gasteiger charge is 2.14. The Bertz CT molecular complexity index is 774. The van der Waals surface area contributed by atoms with Crippen molar-refractivity contribution in [3.8, 4) is 0 Å². The van der Waals surface area contributed by atoms with Crippen molar-refractivity contribution in [1.82, 2.24) is 10.6 Å². The average Bonchev–Trinajstić information content (AvgIpc) is 2.62. The molecule has 0 bridgehead atoms. The Morgan fingerprint density at radius 1 is 0.963 bits per heavy atom. The minimum atomic E-state index is -0.483. The lowest BCUT2D eigenvalue weighted by Crippen LogP contribution is -3.00. The largest absolute Gasteiger partial charge is 1.00 e. The van der Waals surface area contributed by atoms with Crippen molar-refractivity contribution in [2.75, 3.05) is 13.1 Å². The van der Waals surface area contributed by atoms with Crippen LogP contribution in [0.5, 0.6) is 0 Å². The molecular formula is C18H21BrN4O3S. The highest BCUT2D eigenvalue weighted by atomic mass is 79.9. The summed E-state index contributed by atoms with van der Waals surface area (Å²) < 4.78 is 1.96. The molecule has 3 amide bonds. The fraction of sp³-hybridized carbons (Fsp3) is 0.222. The Balaban J connectivity index is 0.00000364. The van der Waals surface area contributed by atoms with Crippen LogP contribution in [0, 0.1) is 0 Å². The van der Waals surface area contributed by atoms with Crippen molar-refractivity contribution in [2.45, 2.75) is 17.9 Å². The van der Waals surface area contributed by atoms with Gasteiger partial charge in [-0.25, -0.2) is 4.57 Å². The van der Waals surface area contributed by atoms with Crippen LogP contribution < -0.4 is 37.9 Å². The van der Waals surface area contributed by atoms with Crippen LogP contribution in [0.4, 0.5) is 4.79 Å². The SMILES string of the molecule is NC(=O)CCNC(=O)c1ccccc1SC(=O)NCC[n+]1ccccc1.[Br-]. The number of nitrogens with zero attached hydrogens (tertiary/aromatic N) is 1. The van der Waals surface area contributed by atoms with E-state index in [1.807, 2.05) is 35.2 Å². The predicted octanol–water partition coefficient (Wildman–Crippen LogP) is -1.91. The van der Waals surface area contributed by atoms with Gasteiger partial charge < -0.3 is 33.3 Å². The van der Waals surface area contributed by atoms with Crippen molar-refractivity contribution < 1.29 is 35.9 Å². The summed E-state index contributed by atoms with van der Waals surface area (Å²) in [5.74, 6) is -0.828. The number of rotatable bonds is 8. The van der Waals surface area contributed by atoms with Gasteiger partial charge in [-0.3, -0.25) is 14.4 Å². The quantitative estimate of drug-likeness (QED) is 0.320. The van der Waals surface area contributed by atoms with Crippen LogP contribution in [0.15, 0.2) is 59.8 Å². The zero-order chi connectivity index (χ0) is 18.8. The number of carbonyl (C=O) groups excluding carboxylic acids is 3. The third-order valence-electron chi connectivity index (χ3n) is 3.41. The van der Waals surface area contributed by atoms with Crippen LogP contribution in [-0.4, -0.2) is 30.1 Å². The van der Waals surface area contributed by atoms with Gasteiger partial charge >= 0.3 is 0 Å². The zero-order valence-corrected chi connectivity index (χ0v) is 17.0. The van der Waals surface area contributed by atoms with Crippen molar-refractivity contribution in [3.05, 3.63) is 60.4 Å². The number of nitrogens with one attached hydrogen (secondary N) is 2. The molecule has 2 aromatic rings. The van der Waals surface area contributed by atoms with E-state index in [2.05, 4.69) is 10.6 Å². The maximum atomic E-state index is 12.2. The minimum Gasteiger partial charge on any atom is -1.00 e. The number of benzene rings is 1. The first-order valence-electron chi connectivity index (χ1n) is 8.11. The molecule has 0 saturated heterocycles. The molecule has 27 heavy (non-hydrogen) atoms. The first-order valence-corrected chi connectivity index (χ1v) is 8.93. The van der Waals surface area contributed by atoms with Gasteiger partial charge in [-0.05, 0) is 23.9 Å². The summed E-state index contributed by atoms with van der Waals surface area (Å²) in [5, 5.41) is 5.20. The van der Waals surface area contributed by atoms with E-state index in [0.29, 0.717) is 23.5 Å². The molecule has 4 N–H and O–H groups in total. The van der Waals surface area contributed by atoms with Gasteiger partial charge in [0.15, 0.2) is 18.9 Å². The molecule has 0 aliphatic rings. The number of pyridine rings is 1. The number of aromatic nitrogens is 1. The normalized spacial score (nSPS) is 9.78. The summed E-state index contributed by atoms with van der Waals surface area (Å²) in [6.45, 7) is 1.30. The van der Waals surface area contributed by atoms with E-state index >= 15 is 0 Å². The number of hydrogen-bond acceptors (Lipinski definition) is 4. The van der Waals surface area contributed by atoms with E-state index in [1.54, 1.807) is 24.3 Å². The van der Waals surface area contributed by atoms with Crippen LogP contribution in [0.1, 0.15) is 16.8 Å². The predicted molar refractivity (Wildman–Crippen MR) is 98.5 cm³/mol. The molecule has 0 radical (unpaired) electrons. The number of halogens is 1. The summed E-state index contributed by atoms with van der Waals surface area (Å²) in [7, 11) is 0. The molecule has 0 fully saturated rings. The standard InChI is InChI=1S/C18H20N4O3S.BrH/c19-16(23)8-9-20-17(24)14-6-2-3-7-15(14)26-18(25)21-10-13-22-11-4-1-5-12-22;/h1-7,11-12H,8-10,13H2,(H3-,19,20,21,23,24,25);1H. The summed E-state index contributed by atoms with van der Waals surface area (Å²) >= 11 is 0.962. The lowest BCUT2D eigenvalue weighted by molar-refractivity contribution is -0.694. The summed E-state index contributed by atoms with van der Waals surface area (Å²) in [6.07, 6.45) is 3.91. The molecule has 144 valence electrons. The maximum absolute atomic E-state index is 12.2. The Labute approximate surface area is 172 Å². The van der Waals surface area contributed by atoms with Crippen molar-refractivity contribution in [3.63, 3.8) is 0 Å². The summed E-state index contributed by atoms with van der Waals surface area (Å²) in [4.78, 5) is 35.6. The number of nitrogens with two attached hydrogens (primary N) is 1. The van der Waals surface area contributed by atoms with Crippen LogP contribution in [-0.2, 0) is 11.3 Å². The second kappa shape index (κ2) is 12.1. The lowest BCUT2D eigenvalue weighted by atomic mass is 10.2. The molecule has 0 atom stereocenters. The highest BCUT2D eigenvalue weighted by Crippen LogP contribution is 2.23. The molecule has 2 rings (SSSR count). The molecule has 0 aliphatic carbocycles. The third-order valence-corrected chi connectivity index (χ3v) is 4.31. The fourth-order valence-corrected chi connectivity index (χ4v) is 2.94. The van der Waals surface area contributed by atoms with E-state index in [-0.39, 0.29) is 41.1 Å². The molecule has 7 nitrogen and oxygen atoms in total. The molecule has 0 aliphatic heterocycles. The smallest absolute Gasteiger partial charge is 0.284 e. The van der Waals surface area contributed by atoms with E-state index < -0.39 is 5.91 Å². The van der Waals surface area contributed by atoms with Gasteiger partial charge in [0.1, 0.15) is 0 Å². The van der Waals surface area contributed by atoms with Gasteiger partial charge in [0, 0.05) is 30.0 Å². The number of thioether (sulfide) groups is 1. The molecule has 9 heteroatoms. The number of hydrogen-bond donors (Lipinski definition) is 3. The number of carbonyl (C=O) groups is 3.